The first-order chi connectivity index (χ1) is 13.5. The van der Waals surface area contributed by atoms with Crippen LogP contribution in [0.3, 0.4) is 0 Å². The third-order valence-electron chi connectivity index (χ3n) is 8.37. The van der Waals surface area contributed by atoms with E-state index in [1.54, 1.807) is 0 Å². The zero-order chi connectivity index (χ0) is 19.3. The lowest BCUT2D eigenvalue weighted by molar-refractivity contribution is -0.196. The number of Topliss-reactive ketones (excluding diaryl/α,β-unsaturated/α-hetero) is 1. The van der Waals surface area contributed by atoms with Crippen LogP contribution in [0.25, 0.3) is 0 Å². The van der Waals surface area contributed by atoms with Crippen molar-refractivity contribution in [3.8, 4) is 5.75 Å². The number of ether oxygens (including phenoxy) is 1. The highest BCUT2D eigenvalue weighted by atomic mass is 16.5. The van der Waals surface area contributed by atoms with Gasteiger partial charge < -0.3 is 15.6 Å². The van der Waals surface area contributed by atoms with Gasteiger partial charge in [-0.15, -0.1) is 0 Å². The molecule has 0 aromatic heterocycles. The van der Waals surface area contributed by atoms with Crippen LogP contribution in [-0.4, -0.2) is 52.5 Å². The summed E-state index contributed by atoms with van der Waals surface area (Å²) in [5, 5.41) is 12.2. The zero-order valence-electron chi connectivity index (χ0n) is 15.9. The number of nitrogens with two attached hydrogens (primary N) is 1. The molecule has 1 aromatic carbocycles. The van der Waals surface area contributed by atoms with Crippen LogP contribution in [0.15, 0.2) is 18.2 Å². The van der Waals surface area contributed by atoms with E-state index < -0.39 is 28.9 Å². The molecule has 1 amide bonds. The Morgan fingerprint density at radius 1 is 1.32 bits per heavy atom. The third-order valence-corrected chi connectivity index (χ3v) is 8.37. The minimum Gasteiger partial charge on any atom is -0.481 e. The van der Waals surface area contributed by atoms with Gasteiger partial charge in [-0.1, -0.05) is 18.6 Å². The molecule has 6 heteroatoms. The summed E-state index contributed by atoms with van der Waals surface area (Å²) >= 11 is 0. The van der Waals surface area contributed by atoms with Crippen molar-refractivity contribution in [2.45, 2.75) is 67.6 Å². The number of likely N-dealkylation sites (tertiary alicyclic amines) is 1. The Bertz CT molecular complexity index is 897. The summed E-state index contributed by atoms with van der Waals surface area (Å²) in [5.74, 6) is 0.355. The van der Waals surface area contributed by atoms with Crippen molar-refractivity contribution in [2.24, 2.45) is 11.7 Å². The molecule has 148 valence electrons. The second kappa shape index (κ2) is 5.36. The summed E-state index contributed by atoms with van der Waals surface area (Å²) in [6, 6.07) is 5.29. The molecule has 3 fully saturated rings. The SMILES string of the molecule is NC(=O)C1c2cccc3c2[C@]24CCN(CC5CCC5)[C@H]1[C@]2(O)CCC(=O)[C@@H]4O3. The van der Waals surface area contributed by atoms with E-state index in [-0.39, 0.29) is 18.2 Å². The van der Waals surface area contributed by atoms with Crippen LogP contribution in [0.4, 0.5) is 0 Å². The number of nitrogens with zero attached hydrogens (tertiary/aromatic N) is 1. The molecule has 28 heavy (non-hydrogen) atoms. The Hall–Kier alpha value is -1.92. The van der Waals surface area contributed by atoms with Crippen molar-refractivity contribution in [3.63, 3.8) is 0 Å². The predicted octanol–water partition coefficient (Wildman–Crippen LogP) is 1.24. The number of carbonyl (C=O) groups is 2. The number of carbonyl (C=O) groups excluding carboxylic acids is 2. The van der Waals surface area contributed by atoms with Crippen molar-refractivity contribution in [2.75, 3.05) is 13.1 Å². The minimum atomic E-state index is -1.17. The van der Waals surface area contributed by atoms with Gasteiger partial charge in [-0.3, -0.25) is 14.5 Å². The predicted molar refractivity (Wildman–Crippen MR) is 101 cm³/mol. The molecule has 2 heterocycles. The second-order valence-corrected chi connectivity index (χ2v) is 9.45. The van der Waals surface area contributed by atoms with Crippen LogP contribution in [0.2, 0.25) is 0 Å². The fraction of sp³-hybridized carbons (Fsp3) is 0.636. The lowest BCUT2D eigenvalue weighted by Crippen LogP contribution is -2.78. The molecule has 3 aliphatic carbocycles. The topological polar surface area (TPSA) is 92.9 Å². The summed E-state index contributed by atoms with van der Waals surface area (Å²) < 4.78 is 6.15. The molecule has 1 spiro atoms. The first kappa shape index (κ1) is 17.0. The highest BCUT2D eigenvalue weighted by Gasteiger charge is 2.75. The largest absolute Gasteiger partial charge is 0.481 e. The molecule has 1 unspecified atom stereocenters. The van der Waals surface area contributed by atoms with Gasteiger partial charge >= 0.3 is 0 Å². The number of ketones is 1. The van der Waals surface area contributed by atoms with Crippen LogP contribution >= 0.6 is 0 Å². The van der Waals surface area contributed by atoms with Gasteiger partial charge in [0, 0.05) is 18.5 Å². The smallest absolute Gasteiger partial charge is 0.226 e. The van der Waals surface area contributed by atoms with Gasteiger partial charge in [-0.25, -0.2) is 0 Å². The van der Waals surface area contributed by atoms with E-state index in [0.29, 0.717) is 24.5 Å². The summed E-state index contributed by atoms with van der Waals surface area (Å²) in [6.45, 7) is 1.65. The van der Waals surface area contributed by atoms with E-state index in [2.05, 4.69) is 4.90 Å². The highest BCUT2D eigenvalue weighted by Crippen LogP contribution is 2.65. The molecule has 2 bridgehead atoms. The van der Waals surface area contributed by atoms with Crippen LogP contribution < -0.4 is 10.5 Å². The van der Waals surface area contributed by atoms with Gasteiger partial charge in [-0.05, 0) is 49.8 Å². The molecular weight excluding hydrogens is 356 g/mol. The molecule has 1 saturated heterocycles. The Balaban J connectivity index is 1.59. The fourth-order valence-electron chi connectivity index (χ4n) is 7.02. The van der Waals surface area contributed by atoms with Crippen molar-refractivity contribution in [1.82, 2.24) is 4.90 Å². The van der Waals surface area contributed by atoms with Gasteiger partial charge in [0.2, 0.25) is 5.91 Å². The van der Waals surface area contributed by atoms with E-state index in [9.17, 15) is 14.7 Å². The van der Waals surface area contributed by atoms with Crippen LogP contribution in [0.1, 0.15) is 55.6 Å². The number of hydrogen-bond donors (Lipinski definition) is 2. The zero-order valence-corrected chi connectivity index (χ0v) is 15.9. The first-order valence-electron chi connectivity index (χ1n) is 10.6. The van der Waals surface area contributed by atoms with E-state index in [1.165, 1.54) is 19.3 Å². The van der Waals surface area contributed by atoms with Gasteiger partial charge in [0.15, 0.2) is 11.9 Å². The average molecular weight is 382 g/mol. The molecule has 3 N–H and O–H groups in total. The number of amides is 1. The maximum atomic E-state index is 12.9. The van der Waals surface area contributed by atoms with Gasteiger partial charge in [-0.2, -0.15) is 0 Å². The standard InChI is InChI=1S/C22H26N2O4/c23-20(26)16-13-5-2-6-15-17(13)21-9-10-24(11-12-3-1-4-12)18(16)22(21,27)8-7-14(25)19(21)28-15/h2,5-6,12,16,18-19,27H,1,3-4,7-11H2,(H2,23,26)/t16?,18-,19+,21+,22-/m1/s1. The number of benzene rings is 1. The minimum absolute atomic E-state index is 0.0653. The molecule has 6 nitrogen and oxygen atoms in total. The number of hydrogen-bond acceptors (Lipinski definition) is 5. The molecule has 2 saturated carbocycles. The normalized spacial score (nSPS) is 41.2. The van der Waals surface area contributed by atoms with Gasteiger partial charge in [0.05, 0.1) is 23.0 Å². The van der Waals surface area contributed by atoms with Crippen molar-refractivity contribution >= 4 is 11.7 Å². The van der Waals surface area contributed by atoms with E-state index in [1.807, 2.05) is 18.2 Å². The van der Waals surface area contributed by atoms with Crippen LogP contribution in [0.5, 0.6) is 5.75 Å². The molecule has 1 aromatic rings. The van der Waals surface area contributed by atoms with Crippen molar-refractivity contribution in [3.05, 3.63) is 29.3 Å². The number of piperidine rings is 1. The Morgan fingerprint density at radius 2 is 2.14 bits per heavy atom. The van der Waals surface area contributed by atoms with Gasteiger partial charge in [0.25, 0.3) is 0 Å². The van der Waals surface area contributed by atoms with Crippen molar-refractivity contribution < 1.29 is 19.4 Å². The van der Waals surface area contributed by atoms with Crippen molar-refractivity contribution in [1.29, 1.82) is 0 Å². The summed E-state index contributed by atoms with van der Waals surface area (Å²) in [4.78, 5) is 27.9. The van der Waals surface area contributed by atoms with E-state index in [0.717, 1.165) is 24.2 Å². The summed E-state index contributed by atoms with van der Waals surface area (Å²) in [7, 11) is 0. The number of primary amides is 1. The Morgan fingerprint density at radius 3 is 2.86 bits per heavy atom. The maximum absolute atomic E-state index is 12.9. The molecule has 2 aliphatic heterocycles. The van der Waals surface area contributed by atoms with Crippen LogP contribution in [-0.2, 0) is 15.0 Å². The first-order valence-corrected chi connectivity index (χ1v) is 10.6. The average Bonchev–Trinajstić information content (AvgIpc) is 2.97. The summed E-state index contributed by atoms with van der Waals surface area (Å²) in [5.41, 5.74) is 5.75. The van der Waals surface area contributed by atoms with E-state index in [4.69, 9.17) is 10.5 Å². The number of aliphatic hydroxyl groups is 1. The van der Waals surface area contributed by atoms with E-state index >= 15 is 0 Å². The second-order valence-electron chi connectivity index (χ2n) is 9.45. The third kappa shape index (κ3) is 1.77. The van der Waals surface area contributed by atoms with Crippen LogP contribution in [0, 0.1) is 5.92 Å². The maximum Gasteiger partial charge on any atom is 0.226 e. The Labute approximate surface area is 164 Å². The molecule has 5 atom stereocenters. The molecular formula is C22H26N2O4. The summed E-state index contributed by atoms with van der Waals surface area (Å²) in [6.07, 6.45) is 4.36. The lowest BCUT2D eigenvalue weighted by atomic mass is 9.47. The van der Waals surface area contributed by atoms with Gasteiger partial charge in [0.1, 0.15) is 5.75 Å². The Kier molecular flexibility index (Phi) is 3.25. The molecule has 5 aliphatic rings. The monoisotopic (exact) mass is 382 g/mol. The lowest BCUT2D eigenvalue weighted by Gasteiger charge is -2.64. The molecule has 6 rings (SSSR count). The number of rotatable bonds is 3. The highest BCUT2D eigenvalue weighted by molar-refractivity contribution is 5.92. The fourth-order valence-corrected chi connectivity index (χ4v) is 7.02. The quantitative estimate of drug-likeness (QED) is 0.820. The molecule has 0 radical (unpaired) electrons.